The Morgan fingerprint density at radius 3 is 2.58 bits per heavy atom. The summed E-state index contributed by atoms with van der Waals surface area (Å²) in [4.78, 5) is 10.8. The highest BCUT2D eigenvalue weighted by molar-refractivity contribution is 7.89. The Balaban J connectivity index is 2.96. The molecule has 0 bridgehead atoms. The zero-order valence-corrected chi connectivity index (χ0v) is 12.3. The Bertz CT molecular complexity index is 571. The average molecular weight is 306 g/mol. The van der Waals surface area contributed by atoms with Crippen LogP contribution in [0.25, 0.3) is 0 Å². The maximum Gasteiger partial charge on any atom is 0.337 e. The normalized spacial score (nSPS) is 13.2. The molecule has 0 fully saturated rings. The molecule has 0 saturated carbocycles. The summed E-state index contributed by atoms with van der Waals surface area (Å²) < 4.78 is 26.4. The van der Waals surface area contributed by atoms with Crippen molar-refractivity contribution in [3.8, 4) is 0 Å². The van der Waals surface area contributed by atoms with Gasteiger partial charge in [-0.3, -0.25) is 0 Å². The SMILES string of the molecule is CCC(C)CNS(=O)(=O)c1ccc(C(=O)O)c(Cl)c1. The summed E-state index contributed by atoms with van der Waals surface area (Å²) in [5.74, 6) is -0.968. The molecule has 2 N–H and O–H groups in total. The van der Waals surface area contributed by atoms with E-state index in [4.69, 9.17) is 16.7 Å². The van der Waals surface area contributed by atoms with E-state index in [0.29, 0.717) is 6.54 Å². The first-order chi connectivity index (χ1) is 8.77. The van der Waals surface area contributed by atoms with Gasteiger partial charge in [0.2, 0.25) is 10.0 Å². The maximum atomic E-state index is 12.0. The van der Waals surface area contributed by atoms with E-state index in [2.05, 4.69) is 4.72 Å². The topological polar surface area (TPSA) is 83.5 Å². The van der Waals surface area contributed by atoms with E-state index >= 15 is 0 Å². The highest BCUT2D eigenvalue weighted by atomic mass is 35.5. The molecule has 5 nitrogen and oxygen atoms in total. The predicted octanol–water partition coefficient (Wildman–Crippen LogP) is 2.36. The molecule has 1 unspecified atom stereocenters. The lowest BCUT2D eigenvalue weighted by Crippen LogP contribution is -2.28. The second-order valence-electron chi connectivity index (χ2n) is 4.31. The number of aromatic carboxylic acids is 1. The maximum absolute atomic E-state index is 12.0. The molecule has 0 saturated heterocycles. The molecule has 0 spiro atoms. The molecule has 1 aromatic rings. The third-order valence-electron chi connectivity index (χ3n) is 2.80. The van der Waals surface area contributed by atoms with Gasteiger partial charge >= 0.3 is 5.97 Å². The standard InChI is InChI=1S/C12H16ClNO4S/c1-3-8(2)7-14-19(17,18)9-4-5-10(12(15)16)11(13)6-9/h4-6,8,14H,3,7H2,1-2H3,(H,15,16). The molecule has 0 aliphatic rings. The predicted molar refractivity (Wildman–Crippen MR) is 73.1 cm³/mol. The van der Waals surface area contributed by atoms with Crippen molar-refractivity contribution < 1.29 is 18.3 Å². The van der Waals surface area contributed by atoms with Crippen LogP contribution in [0.4, 0.5) is 0 Å². The van der Waals surface area contributed by atoms with Crippen LogP contribution >= 0.6 is 11.6 Å². The summed E-state index contributed by atoms with van der Waals surface area (Å²) >= 11 is 5.75. The van der Waals surface area contributed by atoms with E-state index < -0.39 is 16.0 Å². The van der Waals surface area contributed by atoms with E-state index in [1.54, 1.807) is 0 Å². The molecule has 1 rings (SSSR count). The van der Waals surface area contributed by atoms with Crippen molar-refractivity contribution in [1.82, 2.24) is 4.72 Å². The molecule has 0 amide bonds. The molecular formula is C12H16ClNO4S. The number of benzene rings is 1. The lowest BCUT2D eigenvalue weighted by molar-refractivity contribution is 0.0697. The second kappa shape index (κ2) is 6.36. The summed E-state index contributed by atoms with van der Waals surface area (Å²) in [6, 6.07) is 3.56. The number of hydrogen-bond acceptors (Lipinski definition) is 3. The summed E-state index contributed by atoms with van der Waals surface area (Å²) in [5.41, 5.74) is -0.123. The van der Waals surface area contributed by atoms with Crippen LogP contribution < -0.4 is 4.72 Å². The van der Waals surface area contributed by atoms with Gasteiger partial charge in [0, 0.05) is 6.54 Å². The zero-order valence-electron chi connectivity index (χ0n) is 10.7. The zero-order chi connectivity index (χ0) is 14.6. The van der Waals surface area contributed by atoms with Crippen molar-refractivity contribution in [2.24, 2.45) is 5.92 Å². The van der Waals surface area contributed by atoms with Crippen LogP contribution in [0, 0.1) is 5.92 Å². The molecule has 0 aliphatic carbocycles. The van der Waals surface area contributed by atoms with Crippen LogP contribution in [0.3, 0.4) is 0 Å². The average Bonchev–Trinajstić information content (AvgIpc) is 2.35. The van der Waals surface area contributed by atoms with Crippen LogP contribution in [0.2, 0.25) is 5.02 Å². The van der Waals surface area contributed by atoms with Gasteiger partial charge in [-0.05, 0) is 24.1 Å². The third-order valence-corrected chi connectivity index (χ3v) is 4.53. The minimum absolute atomic E-state index is 0.0363. The largest absolute Gasteiger partial charge is 0.478 e. The van der Waals surface area contributed by atoms with E-state index in [9.17, 15) is 13.2 Å². The number of nitrogens with one attached hydrogen (secondary N) is 1. The first-order valence-corrected chi connectivity index (χ1v) is 7.66. The van der Waals surface area contributed by atoms with Gasteiger partial charge in [-0.1, -0.05) is 31.9 Å². The number of carboxylic acids is 1. The quantitative estimate of drug-likeness (QED) is 0.845. The first-order valence-electron chi connectivity index (χ1n) is 5.80. The minimum atomic E-state index is -3.66. The van der Waals surface area contributed by atoms with Crippen LogP contribution in [0.5, 0.6) is 0 Å². The number of hydrogen-bond donors (Lipinski definition) is 2. The van der Waals surface area contributed by atoms with Gasteiger partial charge in [-0.2, -0.15) is 0 Å². The molecule has 19 heavy (non-hydrogen) atoms. The first kappa shape index (κ1) is 15.9. The van der Waals surface area contributed by atoms with E-state index in [-0.39, 0.29) is 21.4 Å². The lowest BCUT2D eigenvalue weighted by atomic mass is 10.1. The Kier molecular flexibility index (Phi) is 5.34. The van der Waals surface area contributed by atoms with Crippen LogP contribution in [0.1, 0.15) is 30.6 Å². The number of carbonyl (C=O) groups is 1. The van der Waals surface area contributed by atoms with Crippen LogP contribution in [-0.4, -0.2) is 26.0 Å². The number of carboxylic acid groups (broad SMARTS) is 1. The van der Waals surface area contributed by atoms with Crippen molar-refractivity contribution in [3.05, 3.63) is 28.8 Å². The van der Waals surface area contributed by atoms with Gasteiger partial charge in [-0.25, -0.2) is 17.9 Å². The summed E-state index contributed by atoms with van der Waals surface area (Å²) in [5, 5.41) is 8.72. The van der Waals surface area contributed by atoms with E-state index in [0.717, 1.165) is 12.5 Å². The minimum Gasteiger partial charge on any atom is -0.478 e. The molecule has 7 heteroatoms. The monoisotopic (exact) mass is 305 g/mol. The van der Waals surface area contributed by atoms with Gasteiger partial charge in [0.15, 0.2) is 0 Å². The molecule has 0 aromatic heterocycles. The van der Waals surface area contributed by atoms with Crippen LogP contribution in [-0.2, 0) is 10.0 Å². The molecule has 106 valence electrons. The fourth-order valence-corrected chi connectivity index (χ4v) is 2.83. The highest BCUT2D eigenvalue weighted by Crippen LogP contribution is 2.21. The second-order valence-corrected chi connectivity index (χ2v) is 6.49. The van der Waals surface area contributed by atoms with Crippen molar-refractivity contribution >= 4 is 27.6 Å². The summed E-state index contributed by atoms with van der Waals surface area (Å²) in [7, 11) is -3.66. The molecular weight excluding hydrogens is 290 g/mol. The van der Waals surface area contributed by atoms with Gasteiger partial charge in [-0.15, -0.1) is 0 Å². The fourth-order valence-electron chi connectivity index (χ4n) is 1.32. The van der Waals surface area contributed by atoms with Gasteiger partial charge < -0.3 is 5.11 Å². The Hall–Kier alpha value is -1.11. The van der Waals surface area contributed by atoms with Crippen molar-refractivity contribution in [3.63, 3.8) is 0 Å². The van der Waals surface area contributed by atoms with Crippen molar-refractivity contribution in [2.75, 3.05) is 6.54 Å². The van der Waals surface area contributed by atoms with Gasteiger partial charge in [0.1, 0.15) is 0 Å². The van der Waals surface area contributed by atoms with Crippen molar-refractivity contribution in [2.45, 2.75) is 25.2 Å². The number of rotatable bonds is 6. The number of sulfonamides is 1. The van der Waals surface area contributed by atoms with Gasteiger partial charge in [0.05, 0.1) is 15.5 Å². The molecule has 0 heterocycles. The molecule has 1 atom stereocenters. The number of halogens is 1. The van der Waals surface area contributed by atoms with Gasteiger partial charge in [0.25, 0.3) is 0 Å². The summed E-state index contributed by atoms with van der Waals surface area (Å²) in [6.45, 7) is 4.23. The third kappa shape index (κ3) is 4.19. The molecule has 1 aromatic carbocycles. The smallest absolute Gasteiger partial charge is 0.337 e. The van der Waals surface area contributed by atoms with Crippen molar-refractivity contribution in [1.29, 1.82) is 0 Å². The Morgan fingerprint density at radius 1 is 1.47 bits per heavy atom. The van der Waals surface area contributed by atoms with Crippen LogP contribution in [0.15, 0.2) is 23.1 Å². The fraction of sp³-hybridized carbons (Fsp3) is 0.417. The Labute approximate surface area is 117 Å². The highest BCUT2D eigenvalue weighted by Gasteiger charge is 2.18. The molecule has 0 radical (unpaired) electrons. The lowest BCUT2D eigenvalue weighted by Gasteiger charge is -2.11. The molecule has 0 aliphatic heterocycles. The Morgan fingerprint density at radius 2 is 2.11 bits per heavy atom. The van der Waals surface area contributed by atoms with E-state index in [1.807, 2.05) is 13.8 Å². The van der Waals surface area contributed by atoms with E-state index in [1.165, 1.54) is 12.1 Å². The summed E-state index contributed by atoms with van der Waals surface area (Å²) in [6.07, 6.45) is 0.862.